The Labute approximate surface area is 124 Å². The molecule has 6 nitrogen and oxygen atoms in total. The maximum absolute atomic E-state index is 5.79. The van der Waals surface area contributed by atoms with Gasteiger partial charge in [0.25, 0.3) is 0 Å². The molecule has 0 aliphatic heterocycles. The molecule has 0 unspecified atom stereocenters. The summed E-state index contributed by atoms with van der Waals surface area (Å²) < 4.78 is 12.8. The molecule has 0 atom stereocenters. The highest BCUT2D eigenvalue weighted by molar-refractivity contribution is 5.33. The van der Waals surface area contributed by atoms with Crippen molar-refractivity contribution in [1.29, 1.82) is 0 Å². The molecule has 1 N–H and O–H groups in total. The van der Waals surface area contributed by atoms with Gasteiger partial charge in [-0.25, -0.2) is 0 Å². The molecule has 6 heteroatoms. The van der Waals surface area contributed by atoms with Crippen molar-refractivity contribution in [3.63, 3.8) is 0 Å². The summed E-state index contributed by atoms with van der Waals surface area (Å²) in [6, 6.07) is 9.16. The fourth-order valence-corrected chi connectivity index (χ4v) is 2.00. The van der Waals surface area contributed by atoms with E-state index < -0.39 is 0 Å². The quantitative estimate of drug-likeness (QED) is 0.746. The zero-order valence-electron chi connectivity index (χ0n) is 12.2. The molecule has 1 saturated carbocycles. The molecule has 21 heavy (non-hydrogen) atoms. The summed E-state index contributed by atoms with van der Waals surface area (Å²) >= 11 is 0. The molecule has 3 rings (SSSR count). The average Bonchev–Trinajstić information content (AvgIpc) is 3.24. The van der Waals surface area contributed by atoms with Gasteiger partial charge in [0.2, 0.25) is 0 Å². The van der Waals surface area contributed by atoms with E-state index in [1.165, 1.54) is 18.4 Å². The van der Waals surface area contributed by atoms with Gasteiger partial charge in [-0.2, -0.15) is 4.98 Å². The Morgan fingerprint density at radius 1 is 1.24 bits per heavy atom. The fraction of sp³-hybridized carbons (Fsp3) is 0.467. The third-order valence-electron chi connectivity index (χ3n) is 3.28. The predicted molar refractivity (Wildman–Crippen MR) is 78.3 cm³/mol. The summed E-state index contributed by atoms with van der Waals surface area (Å²) in [5.74, 6) is 0.906. The van der Waals surface area contributed by atoms with Crippen LogP contribution in [0.25, 0.3) is 0 Å². The minimum atomic E-state index is 0.379. The van der Waals surface area contributed by atoms with E-state index in [-0.39, 0.29) is 0 Å². The van der Waals surface area contributed by atoms with Crippen LogP contribution < -0.4 is 14.8 Å². The number of para-hydroxylation sites is 1. The largest absolute Gasteiger partial charge is 0.490 e. The van der Waals surface area contributed by atoms with Crippen molar-refractivity contribution in [3.05, 3.63) is 36.2 Å². The summed E-state index contributed by atoms with van der Waals surface area (Å²) in [5, 5.41) is 7.54. The molecule has 112 valence electrons. The second kappa shape index (κ2) is 6.58. The number of rotatable bonds is 8. The van der Waals surface area contributed by atoms with Crippen LogP contribution in [0.5, 0.6) is 11.8 Å². The molecule has 0 radical (unpaired) electrons. The molecule has 1 fully saturated rings. The summed E-state index contributed by atoms with van der Waals surface area (Å²) in [4.78, 5) is 4.00. The number of hydrogen-bond acceptors (Lipinski definition) is 5. The third kappa shape index (κ3) is 4.19. The highest BCUT2D eigenvalue weighted by atomic mass is 16.5. The maximum atomic E-state index is 5.79. The van der Waals surface area contributed by atoms with Crippen LogP contribution >= 0.6 is 0 Å². The van der Waals surface area contributed by atoms with Crippen LogP contribution in [0.4, 0.5) is 0 Å². The van der Waals surface area contributed by atoms with Crippen LogP contribution in [-0.4, -0.2) is 34.0 Å². The first-order valence-electron chi connectivity index (χ1n) is 7.24. The molecule has 0 spiro atoms. The monoisotopic (exact) mass is 288 g/mol. The van der Waals surface area contributed by atoms with E-state index in [9.17, 15) is 0 Å². The molecule has 1 heterocycles. The van der Waals surface area contributed by atoms with Crippen molar-refractivity contribution < 1.29 is 9.47 Å². The number of aromatic nitrogens is 3. The van der Waals surface area contributed by atoms with Gasteiger partial charge in [-0.05, 0) is 18.9 Å². The van der Waals surface area contributed by atoms with E-state index in [1.54, 1.807) is 18.1 Å². The van der Waals surface area contributed by atoms with Crippen molar-refractivity contribution >= 4 is 0 Å². The topological polar surface area (TPSA) is 61.2 Å². The molecule has 0 bridgehead atoms. The van der Waals surface area contributed by atoms with Gasteiger partial charge in [-0.3, -0.25) is 4.68 Å². The van der Waals surface area contributed by atoms with Crippen LogP contribution in [0.1, 0.15) is 18.4 Å². The lowest BCUT2D eigenvalue weighted by atomic mass is 10.2. The zero-order chi connectivity index (χ0) is 14.5. The van der Waals surface area contributed by atoms with Gasteiger partial charge in [0, 0.05) is 25.2 Å². The van der Waals surface area contributed by atoms with Crippen molar-refractivity contribution in [1.82, 2.24) is 20.1 Å². The maximum Gasteiger partial charge on any atom is 0.335 e. The van der Waals surface area contributed by atoms with E-state index in [0.717, 1.165) is 12.3 Å². The van der Waals surface area contributed by atoms with Gasteiger partial charge in [-0.1, -0.05) is 18.2 Å². The number of hydrogen-bond donors (Lipinski definition) is 1. The number of nitrogens with zero attached hydrogens (tertiary/aromatic N) is 3. The normalized spacial score (nSPS) is 14.1. The Kier molecular flexibility index (Phi) is 4.35. The highest BCUT2D eigenvalue weighted by Gasteiger charge is 2.20. The number of benzene rings is 1. The summed E-state index contributed by atoms with van der Waals surface area (Å²) in [5.41, 5.74) is 1.18. The summed E-state index contributed by atoms with van der Waals surface area (Å²) in [6.07, 6.45) is 4.18. The fourth-order valence-electron chi connectivity index (χ4n) is 2.00. The summed E-state index contributed by atoms with van der Waals surface area (Å²) in [7, 11) is 1.81. The molecule has 2 aromatic rings. The van der Waals surface area contributed by atoms with Gasteiger partial charge in [-0.15, -0.1) is 5.10 Å². The molecule has 1 aromatic heterocycles. The Bertz CT molecular complexity index is 581. The second-order valence-electron chi connectivity index (χ2n) is 5.16. The van der Waals surface area contributed by atoms with Crippen LogP contribution in [-0.2, 0) is 13.6 Å². The van der Waals surface area contributed by atoms with Crippen molar-refractivity contribution in [3.8, 4) is 11.8 Å². The van der Waals surface area contributed by atoms with Crippen molar-refractivity contribution in [2.45, 2.75) is 25.4 Å². The predicted octanol–water partition coefficient (Wildman–Crippen LogP) is 1.52. The minimum Gasteiger partial charge on any atom is -0.490 e. The lowest BCUT2D eigenvalue weighted by Crippen LogP contribution is -2.17. The van der Waals surface area contributed by atoms with Crippen LogP contribution in [0.2, 0.25) is 0 Å². The summed E-state index contributed by atoms with van der Waals surface area (Å²) in [6.45, 7) is 1.75. The molecule has 0 amide bonds. The van der Waals surface area contributed by atoms with E-state index in [0.29, 0.717) is 25.3 Å². The smallest absolute Gasteiger partial charge is 0.335 e. The first-order valence-corrected chi connectivity index (χ1v) is 7.24. The minimum absolute atomic E-state index is 0.379. The van der Waals surface area contributed by atoms with Gasteiger partial charge in [0.15, 0.2) is 0 Å². The van der Waals surface area contributed by atoms with Crippen LogP contribution in [0.15, 0.2) is 30.6 Å². The zero-order valence-corrected chi connectivity index (χ0v) is 12.2. The molecule has 0 saturated heterocycles. The highest BCUT2D eigenvalue weighted by Crippen LogP contribution is 2.22. The second-order valence-corrected chi connectivity index (χ2v) is 5.16. The van der Waals surface area contributed by atoms with E-state index in [4.69, 9.17) is 9.47 Å². The van der Waals surface area contributed by atoms with E-state index >= 15 is 0 Å². The Morgan fingerprint density at radius 2 is 2.05 bits per heavy atom. The van der Waals surface area contributed by atoms with Gasteiger partial charge in [0.1, 0.15) is 25.3 Å². The Balaban J connectivity index is 1.45. The SMILES string of the molecule is Cn1cnc(OCCOc2ccccc2CNC2CC2)n1. The van der Waals surface area contributed by atoms with Gasteiger partial charge in [0.05, 0.1) is 0 Å². The average molecular weight is 288 g/mol. The Morgan fingerprint density at radius 3 is 2.81 bits per heavy atom. The van der Waals surface area contributed by atoms with E-state index in [2.05, 4.69) is 21.5 Å². The number of nitrogens with one attached hydrogen (secondary N) is 1. The Hall–Kier alpha value is -2.08. The first kappa shape index (κ1) is 13.9. The number of aryl methyl sites for hydroxylation is 1. The molecule has 1 aliphatic carbocycles. The molecular formula is C15H20N4O2. The van der Waals surface area contributed by atoms with Crippen LogP contribution in [0, 0.1) is 0 Å². The lowest BCUT2D eigenvalue weighted by Gasteiger charge is -2.11. The first-order chi connectivity index (χ1) is 10.3. The number of ether oxygens (including phenoxy) is 2. The standard InChI is InChI=1S/C15H20N4O2/c1-19-11-17-15(18-19)21-9-8-20-14-5-3-2-4-12(14)10-16-13-6-7-13/h2-5,11,13,16H,6-10H2,1H3. The van der Waals surface area contributed by atoms with E-state index in [1.807, 2.05) is 18.2 Å². The van der Waals surface area contributed by atoms with Crippen LogP contribution in [0.3, 0.4) is 0 Å². The van der Waals surface area contributed by atoms with Gasteiger partial charge < -0.3 is 14.8 Å². The molecule has 1 aromatic carbocycles. The van der Waals surface area contributed by atoms with Gasteiger partial charge >= 0.3 is 6.01 Å². The lowest BCUT2D eigenvalue weighted by molar-refractivity contribution is 0.204. The molecular weight excluding hydrogens is 268 g/mol. The molecule has 1 aliphatic rings. The van der Waals surface area contributed by atoms with Crippen molar-refractivity contribution in [2.24, 2.45) is 7.05 Å². The van der Waals surface area contributed by atoms with Crippen molar-refractivity contribution in [2.75, 3.05) is 13.2 Å². The third-order valence-corrected chi connectivity index (χ3v) is 3.28.